The minimum Gasteiger partial charge on any atom is -0.351 e. The summed E-state index contributed by atoms with van der Waals surface area (Å²) in [6.07, 6.45) is 0.791. The van der Waals surface area contributed by atoms with E-state index in [1.807, 2.05) is 23.1 Å². The summed E-state index contributed by atoms with van der Waals surface area (Å²) in [5.74, 6) is -1.04. The lowest BCUT2D eigenvalue weighted by Crippen LogP contribution is -2.50. The standard InChI is InChI=1S/C25H28N4O4/c1-25(2,3)18-6-8-19(9-7-18)29(24(26)33)23(32)15-4-5-16-13-28(14-17(16)12-15)20-10-11-21(30)27-22(20)31/h4-9,12,20H,10-11,13-14H2,1-3H3,(H2,26,33)(H,27,30,31). The first-order valence-corrected chi connectivity index (χ1v) is 11.0. The fraction of sp³-hybridized carbons (Fsp3) is 0.360. The molecule has 2 aromatic carbocycles. The van der Waals surface area contributed by atoms with Crippen molar-refractivity contribution in [3.05, 3.63) is 64.7 Å². The van der Waals surface area contributed by atoms with Gasteiger partial charge in [-0.3, -0.25) is 24.6 Å². The lowest BCUT2D eigenvalue weighted by molar-refractivity contribution is -0.137. The lowest BCUT2D eigenvalue weighted by atomic mass is 9.87. The maximum atomic E-state index is 13.2. The van der Waals surface area contributed by atoms with E-state index in [9.17, 15) is 19.2 Å². The van der Waals surface area contributed by atoms with Crippen molar-refractivity contribution >= 4 is 29.4 Å². The number of urea groups is 1. The Hall–Kier alpha value is -3.52. The molecule has 3 N–H and O–H groups in total. The zero-order valence-corrected chi connectivity index (χ0v) is 19.1. The van der Waals surface area contributed by atoms with E-state index in [1.54, 1.807) is 24.3 Å². The van der Waals surface area contributed by atoms with Crippen molar-refractivity contribution in [2.24, 2.45) is 5.73 Å². The van der Waals surface area contributed by atoms with Crippen molar-refractivity contribution in [3.8, 4) is 0 Å². The highest BCUT2D eigenvalue weighted by molar-refractivity contribution is 6.20. The minimum atomic E-state index is -0.853. The molecular formula is C25H28N4O4. The zero-order chi connectivity index (χ0) is 23.9. The molecule has 1 fully saturated rings. The van der Waals surface area contributed by atoms with Gasteiger partial charge in [-0.25, -0.2) is 9.69 Å². The van der Waals surface area contributed by atoms with Gasteiger partial charge >= 0.3 is 6.03 Å². The van der Waals surface area contributed by atoms with E-state index in [1.165, 1.54) is 0 Å². The first-order valence-electron chi connectivity index (χ1n) is 11.0. The second kappa shape index (κ2) is 8.44. The molecule has 2 aliphatic rings. The van der Waals surface area contributed by atoms with Crippen LogP contribution in [0.25, 0.3) is 0 Å². The number of nitrogens with one attached hydrogen (secondary N) is 1. The number of benzene rings is 2. The number of hydrogen-bond acceptors (Lipinski definition) is 5. The monoisotopic (exact) mass is 448 g/mol. The second-order valence-electron chi connectivity index (χ2n) is 9.63. The molecule has 2 heterocycles. The fourth-order valence-corrected chi connectivity index (χ4v) is 4.39. The van der Waals surface area contributed by atoms with E-state index < -0.39 is 11.9 Å². The molecule has 0 radical (unpaired) electrons. The average molecular weight is 449 g/mol. The van der Waals surface area contributed by atoms with Gasteiger partial charge in [-0.05, 0) is 52.8 Å². The summed E-state index contributed by atoms with van der Waals surface area (Å²) in [6, 6.07) is 11.3. The summed E-state index contributed by atoms with van der Waals surface area (Å²) < 4.78 is 0. The van der Waals surface area contributed by atoms with Gasteiger partial charge in [0.2, 0.25) is 11.8 Å². The number of carbonyl (C=O) groups excluding carboxylic acids is 4. The van der Waals surface area contributed by atoms with Gasteiger partial charge in [-0.15, -0.1) is 0 Å². The van der Waals surface area contributed by atoms with Gasteiger partial charge in [0.15, 0.2) is 0 Å². The Labute approximate surface area is 192 Å². The largest absolute Gasteiger partial charge is 0.351 e. The Kier molecular flexibility index (Phi) is 5.80. The summed E-state index contributed by atoms with van der Waals surface area (Å²) in [5.41, 5.74) is 9.27. The molecule has 8 heteroatoms. The van der Waals surface area contributed by atoms with Crippen molar-refractivity contribution in [2.45, 2.75) is 58.2 Å². The third-order valence-corrected chi connectivity index (χ3v) is 6.27. The predicted octanol–water partition coefficient (Wildman–Crippen LogP) is 2.83. The predicted molar refractivity (Wildman–Crippen MR) is 123 cm³/mol. The Morgan fingerprint density at radius 3 is 2.30 bits per heavy atom. The molecule has 1 unspecified atom stereocenters. The van der Waals surface area contributed by atoms with Crippen LogP contribution in [0.5, 0.6) is 0 Å². The molecule has 0 bridgehead atoms. The van der Waals surface area contributed by atoms with Crippen LogP contribution in [0.15, 0.2) is 42.5 Å². The summed E-state index contributed by atoms with van der Waals surface area (Å²) in [6.45, 7) is 7.30. The first-order chi connectivity index (χ1) is 15.5. The van der Waals surface area contributed by atoms with E-state index in [-0.39, 0.29) is 23.3 Å². The van der Waals surface area contributed by atoms with Crippen molar-refractivity contribution < 1.29 is 19.2 Å². The molecule has 0 aliphatic carbocycles. The molecule has 0 aromatic heterocycles. The summed E-state index contributed by atoms with van der Waals surface area (Å²) >= 11 is 0. The number of nitrogens with two attached hydrogens (primary N) is 1. The molecule has 8 nitrogen and oxygen atoms in total. The average Bonchev–Trinajstić information content (AvgIpc) is 3.16. The molecule has 1 saturated heterocycles. The van der Waals surface area contributed by atoms with Crippen LogP contribution in [0.3, 0.4) is 0 Å². The van der Waals surface area contributed by atoms with E-state index in [2.05, 4.69) is 26.1 Å². The number of amides is 5. The van der Waals surface area contributed by atoms with Crippen LogP contribution < -0.4 is 16.0 Å². The van der Waals surface area contributed by atoms with Crippen molar-refractivity contribution in [1.82, 2.24) is 10.2 Å². The Balaban J connectivity index is 1.55. The highest BCUT2D eigenvalue weighted by Gasteiger charge is 2.35. The van der Waals surface area contributed by atoms with Gasteiger partial charge in [0.05, 0.1) is 11.7 Å². The summed E-state index contributed by atoms with van der Waals surface area (Å²) in [7, 11) is 0. The lowest BCUT2D eigenvalue weighted by Gasteiger charge is -2.29. The maximum absolute atomic E-state index is 13.2. The van der Waals surface area contributed by atoms with Crippen LogP contribution in [0, 0.1) is 0 Å². The SMILES string of the molecule is CC(C)(C)c1ccc(N(C(N)=O)C(=O)c2ccc3c(c2)CN(C2CCC(=O)NC2=O)C3)cc1. The number of carbonyl (C=O) groups is 4. The molecular weight excluding hydrogens is 420 g/mol. The Morgan fingerprint density at radius 2 is 1.70 bits per heavy atom. The van der Waals surface area contributed by atoms with Gasteiger partial charge in [0.25, 0.3) is 5.91 Å². The highest BCUT2D eigenvalue weighted by Crippen LogP contribution is 2.30. The number of nitrogens with zero attached hydrogens (tertiary/aromatic N) is 2. The number of primary amides is 1. The summed E-state index contributed by atoms with van der Waals surface area (Å²) in [4.78, 5) is 52.1. The number of hydrogen-bond donors (Lipinski definition) is 2. The van der Waals surface area contributed by atoms with Crippen molar-refractivity contribution in [3.63, 3.8) is 0 Å². The Morgan fingerprint density at radius 1 is 1.03 bits per heavy atom. The Bertz CT molecular complexity index is 1130. The highest BCUT2D eigenvalue weighted by atomic mass is 16.2. The zero-order valence-electron chi connectivity index (χ0n) is 19.1. The van der Waals surface area contributed by atoms with Crippen molar-refractivity contribution in [1.29, 1.82) is 0 Å². The maximum Gasteiger partial charge on any atom is 0.326 e. The quantitative estimate of drug-likeness (QED) is 0.701. The third-order valence-electron chi connectivity index (χ3n) is 6.27. The van der Waals surface area contributed by atoms with E-state index in [4.69, 9.17) is 5.73 Å². The van der Waals surface area contributed by atoms with Crippen LogP contribution in [0.2, 0.25) is 0 Å². The van der Waals surface area contributed by atoms with Gasteiger partial charge < -0.3 is 5.73 Å². The van der Waals surface area contributed by atoms with E-state index in [0.717, 1.165) is 21.6 Å². The second-order valence-corrected chi connectivity index (χ2v) is 9.63. The summed E-state index contributed by atoms with van der Waals surface area (Å²) in [5, 5.41) is 2.39. The molecule has 2 aromatic rings. The van der Waals surface area contributed by atoms with Gasteiger partial charge in [0.1, 0.15) is 0 Å². The molecule has 2 aliphatic heterocycles. The topological polar surface area (TPSA) is 113 Å². The van der Waals surface area contributed by atoms with Gasteiger partial charge in [-0.2, -0.15) is 0 Å². The van der Waals surface area contributed by atoms with E-state index in [0.29, 0.717) is 37.2 Å². The van der Waals surface area contributed by atoms with Crippen LogP contribution in [0.4, 0.5) is 10.5 Å². The smallest absolute Gasteiger partial charge is 0.326 e. The fourth-order valence-electron chi connectivity index (χ4n) is 4.39. The van der Waals surface area contributed by atoms with Gasteiger partial charge in [0, 0.05) is 25.1 Å². The molecule has 5 amide bonds. The number of imide groups is 2. The van der Waals surface area contributed by atoms with Crippen molar-refractivity contribution in [2.75, 3.05) is 4.90 Å². The molecule has 1 atom stereocenters. The van der Waals surface area contributed by atoms with Crippen LogP contribution in [-0.4, -0.2) is 34.7 Å². The number of rotatable bonds is 3. The number of fused-ring (bicyclic) bond motifs is 1. The molecule has 172 valence electrons. The van der Waals surface area contributed by atoms with Crippen LogP contribution in [0.1, 0.15) is 60.7 Å². The normalized spacial score (nSPS) is 18.6. The van der Waals surface area contributed by atoms with Crippen LogP contribution >= 0.6 is 0 Å². The van der Waals surface area contributed by atoms with E-state index >= 15 is 0 Å². The molecule has 0 spiro atoms. The first kappa shape index (κ1) is 22.7. The van der Waals surface area contributed by atoms with Gasteiger partial charge in [-0.1, -0.05) is 39.0 Å². The third kappa shape index (κ3) is 4.52. The molecule has 0 saturated carbocycles. The minimum absolute atomic E-state index is 0.0610. The van der Waals surface area contributed by atoms with Crippen LogP contribution in [-0.2, 0) is 28.1 Å². The molecule has 4 rings (SSSR count). The number of anilines is 1. The number of piperidine rings is 1. The molecule has 33 heavy (non-hydrogen) atoms.